The van der Waals surface area contributed by atoms with E-state index in [9.17, 15) is 0 Å². The molecule has 0 aliphatic carbocycles. The molecular weight excluding hydrogens is 206 g/mol. The molecule has 2 aromatic rings. The van der Waals surface area contributed by atoms with Gasteiger partial charge < -0.3 is 0 Å². The molecule has 0 aliphatic heterocycles. The zero-order chi connectivity index (χ0) is 17.6. The average Bonchev–Trinajstić information content (AvgIpc) is 2.39. The van der Waals surface area contributed by atoms with E-state index in [0.717, 1.165) is 11.3 Å². The lowest BCUT2D eigenvalue weighted by molar-refractivity contribution is -0.660. The summed E-state index contributed by atoms with van der Waals surface area (Å²) < 4.78 is 47.4. The Morgan fingerprint density at radius 3 is 2.53 bits per heavy atom. The van der Waals surface area contributed by atoms with Crippen molar-refractivity contribution in [3.63, 3.8) is 0 Å². The monoisotopic (exact) mass is 232 g/mol. The molecule has 1 aromatic heterocycles. The van der Waals surface area contributed by atoms with Gasteiger partial charge in [-0.05, 0) is 50.3 Å². The molecular formula is C16H20N+. The van der Waals surface area contributed by atoms with Gasteiger partial charge in [0.25, 0.3) is 0 Å². The number of aromatic nitrogens is 1. The lowest BCUT2D eigenvalue weighted by Gasteiger charge is -2.08. The molecule has 0 radical (unpaired) electrons. The van der Waals surface area contributed by atoms with E-state index in [1.807, 2.05) is 6.07 Å². The minimum absolute atomic E-state index is 0.299. The molecule has 0 saturated heterocycles. The Morgan fingerprint density at radius 2 is 1.82 bits per heavy atom. The van der Waals surface area contributed by atoms with Crippen molar-refractivity contribution in [3.8, 4) is 11.3 Å². The van der Waals surface area contributed by atoms with Gasteiger partial charge in [-0.1, -0.05) is 12.1 Å². The maximum atomic E-state index is 7.64. The van der Waals surface area contributed by atoms with Crippen molar-refractivity contribution in [2.24, 2.45) is 7.05 Å². The third-order valence-corrected chi connectivity index (χ3v) is 3.09. The summed E-state index contributed by atoms with van der Waals surface area (Å²) in [5.41, 5.74) is 3.54. The summed E-state index contributed by atoms with van der Waals surface area (Å²) in [7, 11) is 1.77. The Kier molecular flexibility index (Phi) is 1.61. The molecule has 0 aliphatic rings. The van der Waals surface area contributed by atoms with Crippen LogP contribution in [0, 0.1) is 27.6 Å². The van der Waals surface area contributed by atoms with E-state index in [0.29, 0.717) is 22.3 Å². The number of nitrogens with zero attached hydrogens (tertiary/aromatic N) is 1. The second-order valence-corrected chi connectivity index (χ2v) is 4.34. The third kappa shape index (κ3) is 2.10. The minimum atomic E-state index is -2.17. The summed E-state index contributed by atoms with van der Waals surface area (Å²) in [5.74, 6) is 0. The number of hydrogen-bond acceptors (Lipinski definition) is 0. The fraction of sp³-hybridized carbons (Fsp3) is 0.312. The highest BCUT2D eigenvalue weighted by atomic mass is 14.9. The number of rotatable bonds is 1. The van der Waals surface area contributed by atoms with Gasteiger partial charge in [0.05, 0.1) is 0 Å². The predicted molar refractivity (Wildman–Crippen MR) is 72.0 cm³/mol. The van der Waals surface area contributed by atoms with Gasteiger partial charge in [0.15, 0.2) is 6.20 Å². The molecule has 0 unspecified atom stereocenters. The van der Waals surface area contributed by atoms with Gasteiger partial charge in [0, 0.05) is 25.4 Å². The van der Waals surface area contributed by atoms with Crippen molar-refractivity contribution in [1.29, 1.82) is 0 Å². The molecule has 0 saturated carbocycles. The zero-order valence-corrected chi connectivity index (χ0v) is 10.3. The number of hydrogen-bond donors (Lipinski definition) is 0. The topological polar surface area (TPSA) is 3.88 Å². The van der Waals surface area contributed by atoms with E-state index in [1.165, 1.54) is 0 Å². The number of benzene rings is 1. The zero-order valence-electron chi connectivity index (χ0n) is 16.3. The molecule has 0 bridgehead atoms. The molecule has 0 amide bonds. The minimum Gasteiger partial charge on any atom is -0.201 e. The Labute approximate surface area is 112 Å². The van der Waals surface area contributed by atoms with Crippen LogP contribution in [0.5, 0.6) is 0 Å². The van der Waals surface area contributed by atoms with Gasteiger partial charge in [-0.2, -0.15) is 0 Å². The first-order valence-electron chi connectivity index (χ1n) is 8.54. The second-order valence-electron chi connectivity index (χ2n) is 4.34. The van der Waals surface area contributed by atoms with Crippen LogP contribution in [0.4, 0.5) is 0 Å². The van der Waals surface area contributed by atoms with Crippen LogP contribution in [0.25, 0.3) is 11.3 Å². The van der Waals surface area contributed by atoms with Crippen molar-refractivity contribution >= 4 is 0 Å². The SMILES string of the molecule is [2H]C([2H])([2H])c1c[n+](C)c(-c2cccc(C([2H])([2H])[2H])c2C)cc1C. The molecule has 17 heavy (non-hydrogen) atoms. The highest BCUT2D eigenvalue weighted by molar-refractivity contribution is 5.63. The van der Waals surface area contributed by atoms with Crippen molar-refractivity contribution in [3.05, 3.63) is 52.7 Å². The van der Waals surface area contributed by atoms with E-state index >= 15 is 0 Å². The van der Waals surface area contributed by atoms with Crippen LogP contribution >= 0.6 is 0 Å². The van der Waals surface area contributed by atoms with Gasteiger partial charge >= 0.3 is 0 Å². The van der Waals surface area contributed by atoms with Crippen LogP contribution in [0.2, 0.25) is 0 Å². The Hall–Kier alpha value is -1.63. The largest absolute Gasteiger partial charge is 0.212 e. The van der Waals surface area contributed by atoms with E-state index in [2.05, 4.69) is 0 Å². The highest BCUT2D eigenvalue weighted by Gasteiger charge is 2.14. The van der Waals surface area contributed by atoms with E-state index in [-0.39, 0.29) is 0 Å². The van der Waals surface area contributed by atoms with Crippen LogP contribution in [0.15, 0.2) is 30.5 Å². The quantitative estimate of drug-likeness (QED) is 0.663. The normalized spacial score (nSPS) is 17.4. The number of pyridine rings is 1. The summed E-state index contributed by atoms with van der Waals surface area (Å²) in [6.07, 6.45) is 1.60. The first kappa shape index (κ1) is 6.34. The molecule has 0 N–H and O–H groups in total. The molecule has 2 rings (SSSR count). The summed E-state index contributed by atoms with van der Waals surface area (Å²) in [4.78, 5) is 0. The maximum Gasteiger partial charge on any atom is 0.212 e. The first-order chi connectivity index (χ1) is 10.4. The van der Waals surface area contributed by atoms with Crippen molar-refractivity contribution in [1.82, 2.24) is 0 Å². The molecule has 1 heteroatoms. The van der Waals surface area contributed by atoms with Crippen molar-refractivity contribution < 1.29 is 12.8 Å². The summed E-state index contributed by atoms with van der Waals surface area (Å²) >= 11 is 0. The second kappa shape index (κ2) is 4.33. The Bertz CT molecular complexity index is 743. The lowest BCUT2D eigenvalue weighted by atomic mass is 9.99. The molecule has 1 aromatic carbocycles. The van der Waals surface area contributed by atoms with Gasteiger partial charge in [-0.15, -0.1) is 0 Å². The van der Waals surface area contributed by atoms with Crippen molar-refractivity contribution in [2.75, 3.05) is 0 Å². The van der Waals surface area contributed by atoms with E-state index < -0.39 is 13.7 Å². The fourth-order valence-electron chi connectivity index (χ4n) is 1.93. The number of aryl methyl sites for hydroxylation is 4. The lowest BCUT2D eigenvalue weighted by Crippen LogP contribution is -2.31. The summed E-state index contributed by atoms with van der Waals surface area (Å²) in [6, 6.07) is 6.98. The summed E-state index contributed by atoms with van der Waals surface area (Å²) in [6.45, 7) is -0.805. The van der Waals surface area contributed by atoms with E-state index in [4.69, 9.17) is 8.22 Å². The van der Waals surface area contributed by atoms with E-state index in [1.54, 1.807) is 49.9 Å². The van der Waals surface area contributed by atoms with Gasteiger partial charge in [-0.3, -0.25) is 0 Å². The van der Waals surface area contributed by atoms with Crippen LogP contribution in [0.1, 0.15) is 30.5 Å². The highest BCUT2D eigenvalue weighted by Crippen LogP contribution is 2.23. The standard InChI is InChI=1S/C16H20N/c1-11-7-6-8-15(14(11)4)16-9-12(2)13(3)10-17(16)5/h6-10H,1-5H3/q+1/i1D3,3D3. The average molecular weight is 232 g/mol. The Balaban J connectivity index is 2.67. The third-order valence-electron chi connectivity index (χ3n) is 3.09. The molecule has 1 nitrogen and oxygen atoms in total. The Morgan fingerprint density at radius 1 is 1.06 bits per heavy atom. The van der Waals surface area contributed by atoms with Crippen LogP contribution < -0.4 is 4.57 Å². The molecule has 0 spiro atoms. The molecule has 1 heterocycles. The maximum absolute atomic E-state index is 7.64. The van der Waals surface area contributed by atoms with Crippen LogP contribution in [-0.2, 0) is 7.05 Å². The fourth-order valence-corrected chi connectivity index (χ4v) is 1.93. The molecule has 88 valence electrons. The van der Waals surface area contributed by atoms with Gasteiger partial charge in [0.2, 0.25) is 5.69 Å². The predicted octanol–water partition coefficient (Wildman–Crippen LogP) is 3.41. The van der Waals surface area contributed by atoms with Crippen LogP contribution in [0.3, 0.4) is 0 Å². The smallest absolute Gasteiger partial charge is 0.201 e. The summed E-state index contributed by atoms with van der Waals surface area (Å²) in [5, 5.41) is 0. The van der Waals surface area contributed by atoms with Crippen LogP contribution in [-0.4, -0.2) is 0 Å². The molecule has 0 atom stereocenters. The van der Waals surface area contributed by atoms with Crippen molar-refractivity contribution in [2.45, 2.75) is 27.6 Å². The molecule has 0 fully saturated rings. The first-order valence-corrected chi connectivity index (χ1v) is 5.54. The van der Waals surface area contributed by atoms with Gasteiger partial charge in [-0.25, -0.2) is 4.57 Å². The van der Waals surface area contributed by atoms with Gasteiger partial charge in [0.1, 0.15) is 7.05 Å².